The number of unbranched alkanes of at least 4 members (excludes halogenated alkanes) is 2. The number of amides is 1. The van der Waals surface area contributed by atoms with Crippen LogP contribution in [0.1, 0.15) is 92.5 Å². The largest absolute Gasteiger partial charge is 0.748 e. The fraction of sp³-hybridized carbons (Fsp3) is 0.317. The van der Waals surface area contributed by atoms with Crippen molar-refractivity contribution in [1.29, 1.82) is 0 Å². The van der Waals surface area contributed by atoms with Gasteiger partial charge in [-0.05, 0) is 105 Å². The quantitative estimate of drug-likeness (QED) is 0.0205. The number of carbonyl (C=O) groups excluding carboxylic acids is 1. The van der Waals surface area contributed by atoms with Crippen molar-refractivity contribution in [1.82, 2.24) is 25.3 Å². The molecule has 0 spiro atoms. The van der Waals surface area contributed by atoms with Crippen LogP contribution in [0.2, 0.25) is 0 Å². The summed E-state index contributed by atoms with van der Waals surface area (Å²) in [5, 5.41) is 16.1. The van der Waals surface area contributed by atoms with Gasteiger partial charge in [-0.2, -0.15) is 18.0 Å². The standard InChI is InChI=1S/C60H65N9O12S2/c1-59(2)44-13-5-7-15-47(44)68(30-9-11-33-82(74,75)76)50(59)27-21-39-29-32-80-49(26-28-51-60(3,4)45-14-6-8-16-48(45)69(51)31-10-12-34-83(77,78)79)53(39)81-43-24-17-38(18-25-43)35-46(57(72)73)65-55(70)40-19-22-41(23-20-40)62-36-42-37-63-54-52(64-42)56(71)67-58(61)66-54/h5-8,13-28,37,46H,9-12,29-36H2,1-4H3,(H7-,61,62,63,65,66,67,70,71,72,73,74,75,76,77,78,79)/t46-/m0/s1. The van der Waals surface area contributed by atoms with Crippen LogP contribution in [0.15, 0.2) is 155 Å². The van der Waals surface area contributed by atoms with Crippen LogP contribution in [0.4, 0.5) is 23.0 Å². The number of benzene rings is 4. The molecule has 0 radical (unpaired) electrons. The third-order valence-corrected chi connectivity index (χ3v) is 16.5. The van der Waals surface area contributed by atoms with Crippen LogP contribution in [-0.4, -0.2) is 110 Å². The summed E-state index contributed by atoms with van der Waals surface area (Å²) in [6.45, 7) is 9.95. The van der Waals surface area contributed by atoms with Crippen molar-refractivity contribution < 1.29 is 54.7 Å². The number of allylic oxidation sites excluding steroid dienone is 5. The zero-order valence-electron chi connectivity index (χ0n) is 46.3. The number of carbonyl (C=O) groups is 2. The summed E-state index contributed by atoms with van der Waals surface area (Å²) in [6.07, 6.45) is 11.2. The molecule has 3 aliphatic heterocycles. The number of hydrogen-bond donors (Lipinski definition) is 6. The minimum absolute atomic E-state index is 0.0398. The average Bonchev–Trinajstić information content (AvgIpc) is 2.65. The number of aliphatic carboxylic acids is 1. The zero-order chi connectivity index (χ0) is 59.3. The lowest BCUT2D eigenvalue weighted by atomic mass is 9.81. The molecule has 23 heteroatoms. The van der Waals surface area contributed by atoms with E-state index in [1.165, 1.54) is 6.20 Å². The van der Waals surface area contributed by atoms with E-state index in [1.807, 2.05) is 54.6 Å². The summed E-state index contributed by atoms with van der Waals surface area (Å²) in [5.41, 5.74) is 13.0. The number of aromatic amines is 1. The molecular formula is C60H65N9O12S2. The molecule has 434 valence electrons. The highest BCUT2D eigenvalue weighted by molar-refractivity contribution is 7.85. The third-order valence-electron chi connectivity index (χ3n) is 14.9. The number of rotatable bonds is 23. The Bertz CT molecular complexity index is 3930. The molecule has 2 aromatic heterocycles. The summed E-state index contributed by atoms with van der Waals surface area (Å²) in [6, 6.07) is 28.1. The van der Waals surface area contributed by atoms with Crippen LogP contribution >= 0.6 is 0 Å². The van der Waals surface area contributed by atoms with Gasteiger partial charge in [0.15, 0.2) is 28.4 Å². The maximum atomic E-state index is 13.5. The van der Waals surface area contributed by atoms with Gasteiger partial charge in [-0.25, -0.2) is 23.2 Å². The zero-order valence-corrected chi connectivity index (χ0v) is 47.9. The van der Waals surface area contributed by atoms with Crippen molar-refractivity contribution in [3.63, 3.8) is 0 Å². The van der Waals surface area contributed by atoms with Gasteiger partial charge >= 0.3 is 5.97 Å². The van der Waals surface area contributed by atoms with E-state index in [2.05, 4.69) is 85.9 Å². The molecule has 0 saturated heterocycles. The molecule has 83 heavy (non-hydrogen) atoms. The predicted molar refractivity (Wildman–Crippen MR) is 314 cm³/mol. The predicted octanol–water partition coefficient (Wildman–Crippen LogP) is 7.58. The van der Waals surface area contributed by atoms with Gasteiger partial charge in [-0.15, -0.1) is 0 Å². The van der Waals surface area contributed by atoms with Crippen LogP contribution in [0.25, 0.3) is 11.2 Å². The van der Waals surface area contributed by atoms with Gasteiger partial charge in [0.25, 0.3) is 21.6 Å². The normalized spacial score (nSPS) is 17.0. The molecule has 0 aliphatic carbocycles. The van der Waals surface area contributed by atoms with Gasteiger partial charge in [-0.1, -0.05) is 62.4 Å². The van der Waals surface area contributed by atoms with E-state index in [4.69, 9.17) is 15.2 Å². The van der Waals surface area contributed by atoms with Crippen molar-refractivity contribution >= 4 is 72.0 Å². The number of nitrogens with zero attached hydrogens (tertiary/aromatic N) is 5. The maximum Gasteiger partial charge on any atom is 0.326 e. The van der Waals surface area contributed by atoms with E-state index in [-0.39, 0.29) is 54.2 Å². The first-order valence-electron chi connectivity index (χ1n) is 27.1. The number of carboxylic acids is 1. The molecule has 0 fully saturated rings. The van der Waals surface area contributed by atoms with E-state index >= 15 is 0 Å². The van der Waals surface area contributed by atoms with Gasteiger partial charge < -0.3 is 40.4 Å². The van der Waals surface area contributed by atoms with Crippen LogP contribution in [0, 0.1) is 0 Å². The van der Waals surface area contributed by atoms with E-state index in [0.717, 1.165) is 39.5 Å². The van der Waals surface area contributed by atoms with Crippen LogP contribution in [0.5, 0.6) is 5.75 Å². The fourth-order valence-corrected chi connectivity index (χ4v) is 11.8. The number of ether oxygens (including phenoxy) is 2. The first kappa shape index (κ1) is 59.1. The first-order valence-corrected chi connectivity index (χ1v) is 30.3. The monoisotopic (exact) mass is 1170 g/mol. The van der Waals surface area contributed by atoms with Gasteiger partial charge in [0.2, 0.25) is 11.6 Å². The number of fused-ring (bicyclic) bond motifs is 3. The molecular weight excluding hydrogens is 1100 g/mol. The Morgan fingerprint density at radius 1 is 0.892 bits per heavy atom. The van der Waals surface area contributed by atoms with E-state index < -0.39 is 60.3 Å². The molecule has 21 nitrogen and oxygen atoms in total. The lowest BCUT2D eigenvalue weighted by Crippen LogP contribution is -2.42. The van der Waals surface area contributed by atoms with E-state index in [1.54, 1.807) is 48.5 Å². The highest BCUT2D eigenvalue weighted by atomic mass is 32.2. The first-order chi connectivity index (χ1) is 39.4. The summed E-state index contributed by atoms with van der Waals surface area (Å²) in [7, 11) is -8.51. The van der Waals surface area contributed by atoms with Crippen molar-refractivity contribution in [3.05, 3.63) is 189 Å². The fourth-order valence-electron chi connectivity index (χ4n) is 10.7. The van der Waals surface area contributed by atoms with Crippen molar-refractivity contribution in [2.24, 2.45) is 0 Å². The molecule has 1 amide bonds. The lowest BCUT2D eigenvalue weighted by Gasteiger charge is -2.27. The summed E-state index contributed by atoms with van der Waals surface area (Å²) >= 11 is 0. The Labute approximate surface area is 480 Å². The van der Waals surface area contributed by atoms with Crippen molar-refractivity contribution in [2.45, 2.75) is 89.6 Å². The third kappa shape index (κ3) is 14.1. The smallest absolute Gasteiger partial charge is 0.326 e. The molecule has 7 N–H and O–H groups in total. The van der Waals surface area contributed by atoms with E-state index in [0.29, 0.717) is 73.2 Å². The molecule has 6 aromatic rings. The van der Waals surface area contributed by atoms with Crippen LogP contribution in [0.3, 0.4) is 0 Å². The van der Waals surface area contributed by atoms with Crippen LogP contribution in [-0.2, 0) is 53.6 Å². The Morgan fingerprint density at radius 3 is 2.33 bits per heavy atom. The summed E-state index contributed by atoms with van der Waals surface area (Å²) in [4.78, 5) is 55.4. The molecule has 0 bridgehead atoms. The number of nitrogens with one attached hydrogen (secondary N) is 3. The Balaban J connectivity index is 0.973. The van der Waals surface area contributed by atoms with Gasteiger partial charge in [-0.3, -0.25) is 19.1 Å². The van der Waals surface area contributed by atoms with Crippen molar-refractivity contribution in [2.75, 3.05) is 47.2 Å². The number of anilines is 3. The number of hydrogen-bond acceptors (Lipinski definition) is 16. The summed E-state index contributed by atoms with van der Waals surface area (Å²) < 4.78 is 82.7. The van der Waals surface area contributed by atoms with Gasteiger partial charge in [0, 0.05) is 82.9 Å². The number of aromatic nitrogens is 4. The maximum absolute atomic E-state index is 13.5. The van der Waals surface area contributed by atoms with E-state index in [9.17, 15) is 45.4 Å². The topological polar surface area (TPSA) is 312 Å². The number of nitrogens with two attached hydrogens (primary N) is 1. The molecule has 0 unspecified atom stereocenters. The second-order valence-electron chi connectivity index (χ2n) is 21.5. The Kier molecular flexibility index (Phi) is 17.5. The van der Waals surface area contributed by atoms with Crippen molar-refractivity contribution in [3.8, 4) is 5.75 Å². The Hall–Kier alpha value is -8.51. The SMILES string of the molecule is CC1(C)C(/C=C/C2=C(Oc3ccc(C[C@H](NC(=O)c4ccc(NCc5cnc6nc(N)[nH]c(=O)c6n5)cc4)C(=O)O)cc3)C(=C/C=C3/N(CCCCS(=O)(=O)[O-])c4ccccc4C3(C)C)/OCC2)=[N+](CCCCS(=O)(=O)O)c2ccccc21. The minimum Gasteiger partial charge on any atom is -0.748 e. The second-order valence-corrected chi connectivity index (χ2v) is 24.6. The number of carboxylic acid groups (broad SMARTS) is 1. The molecule has 9 rings (SSSR count). The second kappa shape index (κ2) is 24.5. The molecule has 1 atom stereocenters. The van der Waals surface area contributed by atoms with Gasteiger partial charge in [0.05, 0.1) is 46.3 Å². The number of para-hydroxylation sites is 2. The molecule has 3 aliphatic rings. The van der Waals surface area contributed by atoms with Crippen LogP contribution < -0.4 is 31.6 Å². The number of nitrogen functional groups attached to an aromatic ring is 1. The minimum atomic E-state index is -4.38. The molecule has 4 aromatic carbocycles. The van der Waals surface area contributed by atoms with Gasteiger partial charge in [0.1, 0.15) is 18.3 Å². The average molecular weight is 1170 g/mol. The highest BCUT2D eigenvalue weighted by Gasteiger charge is 2.44. The molecule has 5 heterocycles. The summed E-state index contributed by atoms with van der Waals surface area (Å²) in [5.74, 6) is -1.44. The lowest BCUT2D eigenvalue weighted by molar-refractivity contribution is -0.438. The highest BCUT2D eigenvalue weighted by Crippen LogP contribution is 2.48. The Morgan fingerprint density at radius 2 is 1.60 bits per heavy atom. The molecule has 0 saturated carbocycles. The number of H-pyrrole nitrogens is 1.